The molecule has 1 aliphatic heterocycles. The molecule has 3 nitrogen and oxygen atoms in total. The molecule has 4 heteroatoms. The molecule has 82 valence electrons. The molecular weight excluding hydrogens is 230 g/mol. The summed E-state index contributed by atoms with van der Waals surface area (Å²) < 4.78 is 1.98. The molecule has 3 aromatic rings. The number of rotatable bonds is 1. The number of aromatic nitrogens is 3. The van der Waals surface area contributed by atoms with Crippen molar-refractivity contribution in [2.24, 2.45) is 0 Å². The van der Waals surface area contributed by atoms with Crippen LogP contribution < -0.4 is 0 Å². The standard InChI is InChI=1S/C13H9N3S/c1-2-4-11-9(3-1)7-16-13(11)12(14-15-16)10-5-6-17-8-10/h1-6,8H,7H2. The average molecular weight is 239 g/mol. The Kier molecular flexibility index (Phi) is 1.76. The maximum Gasteiger partial charge on any atom is 0.121 e. The number of hydrogen-bond donors (Lipinski definition) is 0. The Balaban J connectivity index is 2.00. The van der Waals surface area contributed by atoms with E-state index in [4.69, 9.17) is 0 Å². The molecule has 3 heterocycles. The molecule has 1 aliphatic rings. The van der Waals surface area contributed by atoms with Crippen LogP contribution in [0.1, 0.15) is 5.56 Å². The first-order chi connectivity index (χ1) is 8.43. The third-order valence-electron chi connectivity index (χ3n) is 3.12. The molecule has 0 saturated carbocycles. The molecule has 0 amide bonds. The van der Waals surface area contributed by atoms with Crippen LogP contribution in [0.4, 0.5) is 0 Å². The van der Waals surface area contributed by atoms with Gasteiger partial charge in [0.2, 0.25) is 0 Å². The van der Waals surface area contributed by atoms with Crippen LogP contribution in [0, 0.1) is 0 Å². The van der Waals surface area contributed by atoms with Crippen molar-refractivity contribution in [3.63, 3.8) is 0 Å². The van der Waals surface area contributed by atoms with E-state index in [0.717, 1.165) is 23.5 Å². The van der Waals surface area contributed by atoms with Crippen molar-refractivity contribution in [1.82, 2.24) is 15.0 Å². The lowest BCUT2D eigenvalue weighted by Gasteiger charge is -1.98. The van der Waals surface area contributed by atoms with Crippen LogP contribution in [0.5, 0.6) is 0 Å². The van der Waals surface area contributed by atoms with Gasteiger partial charge in [0.05, 0.1) is 12.2 Å². The van der Waals surface area contributed by atoms with Crippen LogP contribution in [-0.4, -0.2) is 15.0 Å². The number of thiophene rings is 1. The fourth-order valence-electron chi connectivity index (χ4n) is 2.33. The summed E-state index contributed by atoms with van der Waals surface area (Å²) >= 11 is 1.69. The highest BCUT2D eigenvalue weighted by atomic mass is 32.1. The van der Waals surface area contributed by atoms with E-state index in [1.807, 2.05) is 4.68 Å². The summed E-state index contributed by atoms with van der Waals surface area (Å²) in [6, 6.07) is 10.5. The van der Waals surface area contributed by atoms with Crippen molar-refractivity contribution in [1.29, 1.82) is 0 Å². The smallest absolute Gasteiger partial charge is 0.121 e. The first kappa shape index (κ1) is 9.13. The predicted molar refractivity (Wildman–Crippen MR) is 67.9 cm³/mol. The Labute approximate surface area is 102 Å². The second-order valence-corrected chi connectivity index (χ2v) is 4.89. The molecule has 17 heavy (non-hydrogen) atoms. The zero-order chi connectivity index (χ0) is 11.2. The molecule has 2 aromatic heterocycles. The second-order valence-electron chi connectivity index (χ2n) is 4.11. The molecule has 0 unspecified atom stereocenters. The molecule has 0 aliphatic carbocycles. The Morgan fingerprint density at radius 2 is 2.12 bits per heavy atom. The van der Waals surface area contributed by atoms with Gasteiger partial charge in [-0.2, -0.15) is 11.3 Å². The van der Waals surface area contributed by atoms with Crippen molar-refractivity contribution in [2.45, 2.75) is 6.54 Å². The maximum absolute atomic E-state index is 4.30. The van der Waals surface area contributed by atoms with Crippen molar-refractivity contribution in [2.75, 3.05) is 0 Å². The maximum atomic E-state index is 4.30. The molecule has 1 aromatic carbocycles. The summed E-state index contributed by atoms with van der Waals surface area (Å²) in [5, 5.41) is 12.7. The van der Waals surface area contributed by atoms with E-state index in [2.05, 4.69) is 51.4 Å². The zero-order valence-corrected chi connectivity index (χ0v) is 9.81. The fourth-order valence-corrected chi connectivity index (χ4v) is 2.98. The monoisotopic (exact) mass is 239 g/mol. The first-order valence-electron chi connectivity index (χ1n) is 5.48. The predicted octanol–water partition coefficient (Wildman–Crippen LogP) is 3.04. The van der Waals surface area contributed by atoms with Crippen molar-refractivity contribution < 1.29 is 0 Å². The van der Waals surface area contributed by atoms with E-state index in [0.29, 0.717) is 0 Å². The van der Waals surface area contributed by atoms with Gasteiger partial charge in [-0.15, -0.1) is 5.10 Å². The SMILES string of the molecule is c1ccc2c(c1)Cn1nnc(-c3ccsc3)c1-2. The van der Waals surface area contributed by atoms with Gasteiger partial charge in [-0.05, 0) is 17.0 Å². The Bertz CT molecular complexity index is 683. The number of hydrogen-bond acceptors (Lipinski definition) is 3. The van der Waals surface area contributed by atoms with Gasteiger partial charge in [0.25, 0.3) is 0 Å². The van der Waals surface area contributed by atoms with Gasteiger partial charge in [0.15, 0.2) is 0 Å². The normalized spacial score (nSPS) is 12.5. The second kappa shape index (κ2) is 3.28. The van der Waals surface area contributed by atoms with Crippen molar-refractivity contribution in [3.05, 3.63) is 46.7 Å². The van der Waals surface area contributed by atoms with E-state index in [-0.39, 0.29) is 0 Å². The van der Waals surface area contributed by atoms with Crippen LogP contribution in [0.2, 0.25) is 0 Å². The first-order valence-corrected chi connectivity index (χ1v) is 6.42. The van der Waals surface area contributed by atoms with Crippen molar-refractivity contribution in [3.8, 4) is 22.5 Å². The van der Waals surface area contributed by atoms with Gasteiger partial charge >= 0.3 is 0 Å². The van der Waals surface area contributed by atoms with Crippen molar-refractivity contribution >= 4 is 11.3 Å². The lowest BCUT2D eigenvalue weighted by molar-refractivity contribution is 0.675. The minimum absolute atomic E-state index is 0.836. The Morgan fingerprint density at radius 3 is 3.00 bits per heavy atom. The van der Waals surface area contributed by atoms with E-state index in [1.165, 1.54) is 11.1 Å². The van der Waals surface area contributed by atoms with Crippen LogP contribution in [-0.2, 0) is 6.54 Å². The van der Waals surface area contributed by atoms with E-state index in [1.54, 1.807) is 11.3 Å². The minimum atomic E-state index is 0.836. The van der Waals surface area contributed by atoms with Crippen LogP contribution >= 0.6 is 11.3 Å². The van der Waals surface area contributed by atoms with E-state index >= 15 is 0 Å². The van der Waals surface area contributed by atoms with Gasteiger partial charge < -0.3 is 0 Å². The zero-order valence-electron chi connectivity index (χ0n) is 9.00. The number of fused-ring (bicyclic) bond motifs is 3. The van der Waals surface area contributed by atoms with Gasteiger partial charge in [-0.1, -0.05) is 29.5 Å². The topological polar surface area (TPSA) is 30.7 Å². The summed E-state index contributed by atoms with van der Waals surface area (Å²) in [6.45, 7) is 0.836. The van der Waals surface area contributed by atoms with Crippen LogP contribution in [0.15, 0.2) is 41.1 Å². The summed E-state index contributed by atoms with van der Waals surface area (Å²) in [4.78, 5) is 0. The average Bonchev–Trinajstić information content (AvgIpc) is 3.04. The Morgan fingerprint density at radius 1 is 1.18 bits per heavy atom. The molecule has 0 atom stereocenters. The third kappa shape index (κ3) is 1.21. The quantitative estimate of drug-likeness (QED) is 0.511. The molecular formula is C13H9N3S. The molecule has 0 fully saturated rings. The van der Waals surface area contributed by atoms with E-state index in [9.17, 15) is 0 Å². The lowest BCUT2D eigenvalue weighted by Crippen LogP contribution is -1.94. The molecule has 0 saturated heterocycles. The number of nitrogens with zero attached hydrogens (tertiary/aromatic N) is 3. The molecule has 0 N–H and O–H groups in total. The summed E-state index contributed by atoms with van der Waals surface area (Å²) in [5.74, 6) is 0. The van der Waals surface area contributed by atoms with Gasteiger partial charge in [-0.25, -0.2) is 4.68 Å². The highest BCUT2D eigenvalue weighted by Crippen LogP contribution is 2.37. The summed E-state index contributed by atoms with van der Waals surface area (Å²) in [5.41, 5.74) is 5.90. The van der Waals surface area contributed by atoms with Gasteiger partial charge in [0, 0.05) is 16.5 Å². The highest BCUT2D eigenvalue weighted by Gasteiger charge is 2.24. The number of benzene rings is 1. The molecule has 0 bridgehead atoms. The largest absolute Gasteiger partial charge is 0.240 e. The molecule has 4 rings (SSSR count). The van der Waals surface area contributed by atoms with Gasteiger partial charge in [-0.3, -0.25) is 0 Å². The lowest BCUT2D eigenvalue weighted by atomic mass is 10.0. The minimum Gasteiger partial charge on any atom is -0.240 e. The van der Waals surface area contributed by atoms with E-state index < -0.39 is 0 Å². The van der Waals surface area contributed by atoms with Crippen LogP contribution in [0.3, 0.4) is 0 Å². The molecule has 0 radical (unpaired) electrons. The summed E-state index contributed by atoms with van der Waals surface area (Å²) in [6.07, 6.45) is 0. The summed E-state index contributed by atoms with van der Waals surface area (Å²) in [7, 11) is 0. The fraction of sp³-hybridized carbons (Fsp3) is 0.0769. The van der Waals surface area contributed by atoms with Crippen LogP contribution in [0.25, 0.3) is 22.5 Å². The Hall–Kier alpha value is -1.94. The highest BCUT2D eigenvalue weighted by molar-refractivity contribution is 7.08. The van der Waals surface area contributed by atoms with Gasteiger partial charge in [0.1, 0.15) is 5.69 Å². The molecule has 0 spiro atoms. The third-order valence-corrected chi connectivity index (χ3v) is 3.81.